The molecule has 0 heterocycles. The molecule has 18 heavy (non-hydrogen) atoms. The van der Waals surface area contributed by atoms with Gasteiger partial charge in [0.2, 0.25) is 5.91 Å². The topological polar surface area (TPSA) is 41.1 Å². The molecule has 0 aliphatic rings. The van der Waals surface area contributed by atoms with Crippen LogP contribution in [0.3, 0.4) is 0 Å². The van der Waals surface area contributed by atoms with E-state index in [0.717, 1.165) is 31.4 Å². The number of nitrogens with one attached hydrogen (secondary N) is 2. The summed E-state index contributed by atoms with van der Waals surface area (Å²) in [7, 11) is 0. The Morgan fingerprint density at radius 3 is 2.72 bits per heavy atom. The molecule has 1 aromatic rings. The first-order valence-corrected chi connectivity index (χ1v) is 6.27. The van der Waals surface area contributed by atoms with Crippen LogP contribution in [0.25, 0.3) is 0 Å². The van der Waals surface area contributed by atoms with Crippen LogP contribution in [0.1, 0.15) is 24.8 Å². The third-order valence-corrected chi connectivity index (χ3v) is 2.54. The molecule has 0 fully saturated rings. The van der Waals surface area contributed by atoms with Crippen molar-refractivity contribution in [3.63, 3.8) is 0 Å². The third-order valence-electron chi connectivity index (χ3n) is 2.54. The molecule has 0 atom stereocenters. The minimum Gasteiger partial charge on any atom is -0.351 e. The van der Waals surface area contributed by atoms with Crippen LogP contribution in [0.5, 0.6) is 0 Å². The van der Waals surface area contributed by atoms with Crippen molar-refractivity contribution in [1.29, 1.82) is 0 Å². The molecule has 0 aliphatic carbocycles. The van der Waals surface area contributed by atoms with Crippen molar-refractivity contribution in [2.24, 2.45) is 0 Å². The molecular formula is C15H20N2O. The summed E-state index contributed by atoms with van der Waals surface area (Å²) in [5.74, 6) is 2.62. The zero-order chi connectivity index (χ0) is 13.1. The van der Waals surface area contributed by atoms with Crippen LogP contribution in [0.4, 0.5) is 0 Å². The molecule has 0 aromatic heterocycles. The predicted molar refractivity (Wildman–Crippen MR) is 73.8 cm³/mol. The van der Waals surface area contributed by atoms with E-state index in [1.165, 1.54) is 0 Å². The average molecular weight is 244 g/mol. The van der Waals surface area contributed by atoms with Gasteiger partial charge < -0.3 is 10.6 Å². The van der Waals surface area contributed by atoms with Crippen LogP contribution in [0.2, 0.25) is 0 Å². The van der Waals surface area contributed by atoms with Gasteiger partial charge in [0.25, 0.3) is 0 Å². The zero-order valence-electron chi connectivity index (χ0n) is 10.6. The Labute approximate surface area is 109 Å². The second kappa shape index (κ2) is 9.26. The lowest BCUT2D eigenvalue weighted by atomic mass is 10.2. The normalized spacial score (nSPS) is 9.72. The Bertz CT molecular complexity index is 381. The van der Waals surface area contributed by atoms with Crippen molar-refractivity contribution in [1.82, 2.24) is 10.6 Å². The number of carbonyl (C=O) groups excluding carboxylic acids is 1. The maximum atomic E-state index is 11.5. The van der Waals surface area contributed by atoms with E-state index < -0.39 is 0 Å². The number of benzene rings is 1. The van der Waals surface area contributed by atoms with Gasteiger partial charge in [-0.3, -0.25) is 4.79 Å². The van der Waals surface area contributed by atoms with E-state index in [-0.39, 0.29) is 5.91 Å². The van der Waals surface area contributed by atoms with Gasteiger partial charge in [-0.15, -0.1) is 12.3 Å². The molecule has 0 saturated carbocycles. The molecule has 0 unspecified atom stereocenters. The highest BCUT2D eigenvalue weighted by atomic mass is 16.1. The van der Waals surface area contributed by atoms with Crippen LogP contribution >= 0.6 is 0 Å². The lowest BCUT2D eigenvalue weighted by Crippen LogP contribution is -2.33. The number of hydrogen-bond acceptors (Lipinski definition) is 2. The summed E-state index contributed by atoms with van der Waals surface area (Å²) in [4.78, 5) is 11.5. The molecule has 2 N–H and O–H groups in total. The van der Waals surface area contributed by atoms with E-state index in [9.17, 15) is 4.79 Å². The highest BCUT2D eigenvalue weighted by Gasteiger charge is 1.99. The smallest absolute Gasteiger partial charge is 0.234 e. The fourth-order valence-electron chi connectivity index (χ4n) is 1.54. The SMILES string of the molecule is C#CCCCCNCC(=O)NCc1ccccc1. The van der Waals surface area contributed by atoms with Crippen LogP contribution < -0.4 is 10.6 Å². The van der Waals surface area contributed by atoms with E-state index in [4.69, 9.17) is 6.42 Å². The molecule has 1 amide bonds. The largest absolute Gasteiger partial charge is 0.351 e. The maximum absolute atomic E-state index is 11.5. The lowest BCUT2D eigenvalue weighted by molar-refractivity contribution is -0.120. The van der Waals surface area contributed by atoms with Gasteiger partial charge >= 0.3 is 0 Å². The minimum atomic E-state index is 0.0239. The van der Waals surface area contributed by atoms with Crippen molar-refractivity contribution in [2.75, 3.05) is 13.1 Å². The quantitative estimate of drug-likeness (QED) is 0.540. The first-order chi connectivity index (χ1) is 8.83. The van der Waals surface area contributed by atoms with Crippen LogP contribution in [0, 0.1) is 12.3 Å². The first-order valence-electron chi connectivity index (χ1n) is 6.27. The summed E-state index contributed by atoms with van der Waals surface area (Å²) < 4.78 is 0. The number of hydrogen-bond donors (Lipinski definition) is 2. The molecule has 96 valence electrons. The highest BCUT2D eigenvalue weighted by molar-refractivity contribution is 5.77. The summed E-state index contributed by atoms with van der Waals surface area (Å²) in [5.41, 5.74) is 1.11. The standard InChI is InChI=1S/C15H20N2O/c1-2-3-4-8-11-16-13-15(18)17-12-14-9-6-5-7-10-14/h1,5-7,9-10,16H,3-4,8,11-13H2,(H,17,18). The van der Waals surface area contributed by atoms with Gasteiger partial charge in [-0.25, -0.2) is 0 Å². The number of unbranched alkanes of at least 4 members (excludes halogenated alkanes) is 2. The van der Waals surface area contributed by atoms with Gasteiger partial charge in [0.15, 0.2) is 0 Å². The van der Waals surface area contributed by atoms with Crippen molar-refractivity contribution >= 4 is 5.91 Å². The Balaban J connectivity index is 2.03. The van der Waals surface area contributed by atoms with Gasteiger partial charge in [0, 0.05) is 13.0 Å². The predicted octanol–water partition coefficient (Wildman–Crippen LogP) is 1.70. The van der Waals surface area contributed by atoms with Gasteiger partial charge in [-0.05, 0) is 24.9 Å². The molecule has 1 rings (SSSR count). The van der Waals surface area contributed by atoms with Gasteiger partial charge in [-0.2, -0.15) is 0 Å². The summed E-state index contributed by atoms with van der Waals surface area (Å²) in [5, 5.41) is 5.97. The fourth-order valence-corrected chi connectivity index (χ4v) is 1.54. The van der Waals surface area contributed by atoms with Gasteiger partial charge in [0.1, 0.15) is 0 Å². The maximum Gasteiger partial charge on any atom is 0.234 e. The molecule has 0 saturated heterocycles. The Hall–Kier alpha value is -1.79. The van der Waals surface area contributed by atoms with E-state index in [0.29, 0.717) is 13.1 Å². The van der Waals surface area contributed by atoms with E-state index in [1.807, 2.05) is 30.3 Å². The van der Waals surface area contributed by atoms with Crippen LogP contribution in [-0.2, 0) is 11.3 Å². The number of rotatable bonds is 8. The summed E-state index contributed by atoms with van der Waals surface area (Å²) >= 11 is 0. The lowest BCUT2D eigenvalue weighted by Gasteiger charge is -2.06. The molecule has 0 spiro atoms. The van der Waals surface area contributed by atoms with E-state index in [1.54, 1.807) is 0 Å². The van der Waals surface area contributed by atoms with E-state index in [2.05, 4.69) is 16.6 Å². The number of amides is 1. The molecular weight excluding hydrogens is 224 g/mol. The third kappa shape index (κ3) is 6.72. The average Bonchev–Trinajstić information content (AvgIpc) is 2.41. The fraction of sp³-hybridized carbons (Fsp3) is 0.400. The minimum absolute atomic E-state index is 0.0239. The van der Waals surface area contributed by atoms with E-state index >= 15 is 0 Å². The molecule has 3 heteroatoms. The Kier molecular flexibility index (Phi) is 7.34. The van der Waals surface area contributed by atoms with Gasteiger partial charge in [-0.1, -0.05) is 30.3 Å². The second-order valence-electron chi connectivity index (χ2n) is 4.10. The van der Waals surface area contributed by atoms with Crippen molar-refractivity contribution in [2.45, 2.75) is 25.8 Å². The van der Waals surface area contributed by atoms with Crippen molar-refractivity contribution in [3.8, 4) is 12.3 Å². The summed E-state index contributed by atoms with van der Waals surface area (Å²) in [6, 6.07) is 9.88. The molecule has 0 aliphatic heterocycles. The number of carbonyl (C=O) groups is 1. The Morgan fingerprint density at radius 2 is 2.00 bits per heavy atom. The monoisotopic (exact) mass is 244 g/mol. The highest BCUT2D eigenvalue weighted by Crippen LogP contribution is 1.96. The van der Waals surface area contributed by atoms with Crippen molar-refractivity contribution < 1.29 is 4.79 Å². The summed E-state index contributed by atoms with van der Waals surface area (Å²) in [6.07, 6.45) is 7.98. The summed E-state index contributed by atoms with van der Waals surface area (Å²) in [6.45, 7) is 1.78. The number of terminal acetylenes is 1. The first kappa shape index (κ1) is 14.3. The second-order valence-corrected chi connectivity index (χ2v) is 4.10. The van der Waals surface area contributed by atoms with Crippen LogP contribution in [0.15, 0.2) is 30.3 Å². The Morgan fingerprint density at radius 1 is 1.22 bits per heavy atom. The molecule has 0 bridgehead atoms. The molecule has 1 aromatic carbocycles. The van der Waals surface area contributed by atoms with Crippen molar-refractivity contribution in [3.05, 3.63) is 35.9 Å². The van der Waals surface area contributed by atoms with Gasteiger partial charge in [0.05, 0.1) is 6.54 Å². The molecule has 0 radical (unpaired) electrons. The van der Waals surface area contributed by atoms with Crippen LogP contribution in [-0.4, -0.2) is 19.0 Å². The molecule has 3 nitrogen and oxygen atoms in total. The zero-order valence-corrected chi connectivity index (χ0v) is 10.6.